The maximum Gasteiger partial charge on any atom is 0.472 e. The van der Waals surface area contributed by atoms with Crippen LogP contribution in [0.1, 0.15) is 110 Å². The Kier molecular flexibility index (Phi) is 23.0. The molecule has 1 aromatic heterocycles. The Bertz CT molecular complexity index is 770. The van der Waals surface area contributed by atoms with E-state index in [1.165, 1.54) is 97.0 Å². The summed E-state index contributed by atoms with van der Waals surface area (Å²) in [4.78, 5) is 21.8. The van der Waals surface area contributed by atoms with Crippen molar-refractivity contribution in [3.05, 3.63) is 30.6 Å². The van der Waals surface area contributed by atoms with Crippen LogP contribution in [0.3, 0.4) is 0 Å². The fourth-order valence-corrected chi connectivity index (χ4v) is 5.07. The number of nitrogens with one attached hydrogen (secondary N) is 1. The number of pyridine rings is 1. The highest BCUT2D eigenvalue weighted by Crippen LogP contribution is 2.43. The van der Waals surface area contributed by atoms with Gasteiger partial charge < -0.3 is 19.7 Å². The van der Waals surface area contributed by atoms with E-state index in [0.717, 1.165) is 12.8 Å². The van der Waals surface area contributed by atoms with E-state index in [1.54, 1.807) is 0 Å². The second-order valence-electron chi connectivity index (χ2n) is 10.4. The van der Waals surface area contributed by atoms with Crippen LogP contribution < -0.4 is 9.88 Å². The van der Waals surface area contributed by atoms with Crippen LogP contribution in [0.5, 0.6) is 0 Å². The van der Waals surface area contributed by atoms with E-state index >= 15 is 0 Å². The van der Waals surface area contributed by atoms with Crippen molar-refractivity contribution in [3.8, 4) is 0 Å². The van der Waals surface area contributed by atoms with Crippen molar-refractivity contribution in [2.24, 2.45) is 0 Å². The number of aromatic nitrogens is 1. The smallest absolute Gasteiger partial charge is 0.447 e. The number of phosphoric acid groups is 1. The molecular formula is C30H56N2O7P+. The second kappa shape index (κ2) is 25.2. The molecule has 0 spiro atoms. The van der Waals surface area contributed by atoms with Gasteiger partial charge in [0.25, 0.3) is 0 Å². The van der Waals surface area contributed by atoms with Crippen molar-refractivity contribution in [2.75, 3.05) is 33.5 Å². The van der Waals surface area contributed by atoms with E-state index in [1.807, 2.05) is 35.2 Å². The predicted molar refractivity (Wildman–Crippen MR) is 158 cm³/mol. The van der Waals surface area contributed by atoms with Gasteiger partial charge in [-0.05, 0) is 6.42 Å². The maximum atomic E-state index is 12.1. The van der Waals surface area contributed by atoms with Crippen LogP contribution in [0.15, 0.2) is 30.6 Å². The zero-order valence-electron chi connectivity index (χ0n) is 25.1. The Morgan fingerprint density at radius 2 is 1.32 bits per heavy atom. The number of carbonyl (C=O) groups is 1. The van der Waals surface area contributed by atoms with Crippen LogP contribution in [0.2, 0.25) is 0 Å². The van der Waals surface area contributed by atoms with Gasteiger partial charge in [-0.1, -0.05) is 109 Å². The molecule has 1 amide bonds. The van der Waals surface area contributed by atoms with Crippen LogP contribution in [0.25, 0.3) is 0 Å². The standard InChI is InChI=1S/C30H55N2O7P/c1-3-4-5-6-7-8-9-10-11-12-13-14-15-16-17-19-22-31-30(33)37-27-29(36-2)28-39-40(34,35)38-26-25-32-23-20-18-21-24-32/h18,20-21,23-24,29H,3-17,19,22,25-28H2,1-2H3,(H-,31,33,34,35)/p+1. The first-order valence-corrected chi connectivity index (χ1v) is 17.0. The Morgan fingerprint density at radius 3 is 1.85 bits per heavy atom. The molecule has 0 saturated heterocycles. The van der Waals surface area contributed by atoms with Gasteiger partial charge in [-0.25, -0.2) is 13.9 Å². The van der Waals surface area contributed by atoms with Gasteiger partial charge in [0.15, 0.2) is 18.9 Å². The lowest BCUT2D eigenvalue weighted by Crippen LogP contribution is -2.34. The minimum Gasteiger partial charge on any atom is -0.447 e. The Balaban J connectivity index is 1.93. The van der Waals surface area contributed by atoms with E-state index in [2.05, 4.69) is 12.2 Å². The highest BCUT2D eigenvalue weighted by Gasteiger charge is 2.24. The number of carbonyl (C=O) groups excluding carboxylic acids is 1. The number of hydrogen-bond donors (Lipinski definition) is 2. The third kappa shape index (κ3) is 22.2. The van der Waals surface area contributed by atoms with Gasteiger partial charge in [0, 0.05) is 25.8 Å². The molecule has 232 valence electrons. The fourth-order valence-electron chi connectivity index (χ4n) is 4.33. The van der Waals surface area contributed by atoms with Crippen molar-refractivity contribution in [1.82, 2.24) is 5.32 Å². The van der Waals surface area contributed by atoms with Crippen LogP contribution in [-0.2, 0) is 29.6 Å². The topological polar surface area (TPSA) is 107 Å². The first-order valence-electron chi connectivity index (χ1n) is 15.5. The highest BCUT2D eigenvalue weighted by atomic mass is 31.2. The zero-order valence-corrected chi connectivity index (χ0v) is 26.0. The summed E-state index contributed by atoms with van der Waals surface area (Å²) in [6, 6.07) is 5.59. The second-order valence-corrected chi connectivity index (χ2v) is 11.9. The van der Waals surface area contributed by atoms with E-state index in [0.29, 0.717) is 13.1 Å². The summed E-state index contributed by atoms with van der Waals surface area (Å²) in [5, 5.41) is 2.74. The van der Waals surface area contributed by atoms with Crippen molar-refractivity contribution < 1.29 is 37.3 Å². The first kappa shape index (κ1) is 36.5. The number of unbranched alkanes of at least 4 members (excludes halogenated alkanes) is 15. The summed E-state index contributed by atoms with van der Waals surface area (Å²) in [5.41, 5.74) is 0. The number of hydrogen-bond acceptors (Lipinski definition) is 6. The number of ether oxygens (including phenoxy) is 2. The molecule has 0 saturated carbocycles. The molecule has 0 bridgehead atoms. The normalized spacial score (nSPS) is 13.6. The van der Waals surface area contributed by atoms with Gasteiger partial charge in [0.1, 0.15) is 19.3 Å². The summed E-state index contributed by atoms with van der Waals surface area (Å²) >= 11 is 0. The van der Waals surface area contributed by atoms with Gasteiger partial charge in [0.05, 0.1) is 6.61 Å². The summed E-state index contributed by atoms with van der Waals surface area (Å²) in [7, 11) is -2.82. The summed E-state index contributed by atoms with van der Waals surface area (Å²) < 4.78 is 34.2. The third-order valence-electron chi connectivity index (χ3n) is 6.84. The maximum absolute atomic E-state index is 12.1. The molecule has 0 fully saturated rings. The predicted octanol–water partition coefficient (Wildman–Crippen LogP) is 7.11. The van der Waals surface area contributed by atoms with E-state index in [4.69, 9.17) is 18.5 Å². The lowest BCUT2D eigenvalue weighted by Gasteiger charge is -2.18. The molecule has 9 nitrogen and oxygen atoms in total. The average Bonchev–Trinajstić information content (AvgIpc) is 2.95. The molecule has 10 heteroatoms. The molecule has 1 heterocycles. The lowest BCUT2D eigenvalue weighted by atomic mass is 10.0. The number of rotatable bonds is 27. The Hall–Kier alpha value is -1.51. The Labute approximate surface area is 242 Å². The molecule has 0 aromatic carbocycles. The molecule has 0 radical (unpaired) electrons. The number of nitrogens with zero attached hydrogens (tertiary/aromatic N) is 1. The SMILES string of the molecule is CCCCCCCCCCCCCCCCCCNC(=O)OCC(COP(=O)(O)OCC[n+]1ccccc1)OC. The summed E-state index contributed by atoms with van der Waals surface area (Å²) in [5.74, 6) is 0. The van der Waals surface area contributed by atoms with Crippen molar-refractivity contribution in [2.45, 2.75) is 122 Å². The molecule has 1 rings (SSSR count). The number of phosphoric ester groups is 1. The van der Waals surface area contributed by atoms with E-state index < -0.39 is 20.0 Å². The van der Waals surface area contributed by atoms with Crippen LogP contribution in [0.4, 0.5) is 4.79 Å². The minimum absolute atomic E-state index is 0.0123. The fraction of sp³-hybridized carbons (Fsp3) is 0.800. The van der Waals surface area contributed by atoms with Crippen LogP contribution in [-0.4, -0.2) is 50.6 Å². The molecule has 2 unspecified atom stereocenters. The monoisotopic (exact) mass is 587 g/mol. The molecule has 2 N–H and O–H groups in total. The molecule has 2 atom stereocenters. The third-order valence-corrected chi connectivity index (χ3v) is 7.82. The van der Waals surface area contributed by atoms with Crippen molar-refractivity contribution in [3.63, 3.8) is 0 Å². The number of alkyl carbamates (subject to hydrolysis) is 1. The quantitative estimate of drug-likeness (QED) is 0.0642. The highest BCUT2D eigenvalue weighted by molar-refractivity contribution is 7.47. The van der Waals surface area contributed by atoms with Gasteiger partial charge in [-0.3, -0.25) is 9.05 Å². The van der Waals surface area contributed by atoms with Crippen molar-refractivity contribution >= 4 is 13.9 Å². The van der Waals surface area contributed by atoms with E-state index in [9.17, 15) is 14.3 Å². The lowest BCUT2D eigenvalue weighted by molar-refractivity contribution is -0.697. The molecule has 1 aromatic rings. The molecule has 0 aliphatic rings. The zero-order chi connectivity index (χ0) is 29.2. The average molecular weight is 588 g/mol. The van der Waals surface area contributed by atoms with Crippen LogP contribution >= 0.6 is 7.82 Å². The molecular weight excluding hydrogens is 531 g/mol. The largest absolute Gasteiger partial charge is 0.472 e. The molecule has 0 aliphatic heterocycles. The molecule has 40 heavy (non-hydrogen) atoms. The van der Waals surface area contributed by atoms with Gasteiger partial charge in [-0.2, -0.15) is 0 Å². The van der Waals surface area contributed by atoms with Gasteiger partial charge >= 0.3 is 13.9 Å². The number of amides is 1. The first-order chi connectivity index (χ1) is 19.5. The Morgan fingerprint density at radius 1 is 0.800 bits per heavy atom. The minimum atomic E-state index is -4.24. The summed E-state index contributed by atoms with van der Waals surface area (Å²) in [6.07, 6.45) is 23.4. The van der Waals surface area contributed by atoms with Crippen LogP contribution in [0, 0.1) is 0 Å². The van der Waals surface area contributed by atoms with Crippen molar-refractivity contribution in [1.29, 1.82) is 0 Å². The van der Waals surface area contributed by atoms with Gasteiger partial charge in [-0.15, -0.1) is 0 Å². The molecule has 0 aliphatic carbocycles. The van der Waals surface area contributed by atoms with Gasteiger partial charge in [0.2, 0.25) is 0 Å². The summed E-state index contributed by atoms with van der Waals surface area (Å²) in [6.45, 7) is 2.91. The number of methoxy groups -OCH3 is 1. The van der Waals surface area contributed by atoms with E-state index in [-0.39, 0.29) is 19.8 Å².